The second-order valence-electron chi connectivity index (χ2n) is 3.93. The minimum atomic E-state index is -0.517. The molecule has 1 unspecified atom stereocenters. The predicted molar refractivity (Wildman–Crippen MR) is 72.1 cm³/mol. The molecular weight excluding hydrogens is 236 g/mol. The first-order valence-electron chi connectivity index (χ1n) is 5.85. The van der Waals surface area contributed by atoms with Gasteiger partial charge in [0.25, 0.3) is 0 Å². The first-order chi connectivity index (χ1) is 8.08. The molecule has 0 radical (unpaired) electrons. The number of nitrogens with two attached hydrogens (primary N) is 1. The highest BCUT2D eigenvalue weighted by molar-refractivity contribution is 6.30. The number of hydrogen-bond acceptors (Lipinski definition) is 2. The van der Waals surface area contributed by atoms with E-state index in [4.69, 9.17) is 17.3 Å². The van der Waals surface area contributed by atoms with E-state index >= 15 is 0 Å². The second kappa shape index (κ2) is 6.50. The number of nitrogens with zero attached hydrogens (tertiary/aromatic N) is 1. The van der Waals surface area contributed by atoms with E-state index in [0.29, 0.717) is 25.2 Å². The Balaban J connectivity index is 2.65. The minimum Gasteiger partial charge on any atom is -0.399 e. The van der Waals surface area contributed by atoms with Crippen LogP contribution < -0.4 is 5.73 Å². The predicted octanol–water partition coefficient (Wildman–Crippen LogP) is 2.29. The minimum absolute atomic E-state index is 0.0147. The fraction of sp³-hybridized carbons (Fsp3) is 0.462. The summed E-state index contributed by atoms with van der Waals surface area (Å²) in [6.07, 6.45) is 0.516. The van der Waals surface area contributed by atoms with E-state index in [1.54, 1.807) is 4.90 Å². The van der Waals surface area contributed by atoms with Crippen molar-refractivity contribution >= 4 is 23.2 Å². The van der Waals surface area contributed by atoms with Gasteiger partial charge in [0.2, 0.25) is 5.91 Å². The third-order valence-corrected chi connectivity index (χ3v) is 3.05. The Hall–Kier alpha value is -1.22. The molecule has 0 aliphatic carbocycles. The summed E-state index contributed by atoms with van der Waals surface area (Å²) in [5, 5.41) is -0.517. The Bertz CT molecular complexity index is 377. The molecule has 1 amide bonds. The number of amides is 1. The smallest absolute Gasteiger partial charge is 0.240 e. The lowest BCUT2D eigenvalue weighted by Crippen LogP contribution is -2.37. The van der Waals surface area contributed by atoms with Crippen molar-refractivity contribution in [1.29, 1.82) is 0 Å². The van der Waals surface area contributed by atoms with Crippen molar-refractivity contribution in [3.05, 3.63) is 29.8 Å². The van der Waals surface area contributed by atoms with Crippen molar-refractivity contribution in [2.75, 3.05) is 18.8 Å². The lowest BCUT2D eigenvalue weighted by molar-refractivity contribution is -0.130. The van der Waals surface area contributed by atoms with Gasteiger partial charge in [-0.3, -0.25) is 4.79 Å². The number of benzene rings is 1. The zero-order valence-corrected chi connectivity index (χ0v) is 11.1. The molecule has 1 rings (SSSR count). The van der Waals surface area contributed by atoms with Gasteiger partial charge in [0.15, 0.2) is 0 Å². The summed E-state index contributed by atoms with van der Waals surface area (Å²) >= 11 is 6.14. The van der Waals surface area contributed by atoms with Crippen LogP contribution in [0.1, 0.15) is 19.4 Å². The first kappa shape index (κ1) is 13.8. The number of nitrogen functional groups attached to an aromatic ring is 1. The zero-order chi connectivity index (χ0) is 12.8. The maximum atomic E-state index is 12.0. The molecule has 3 nitrogen and oxygen atoms in total. The quantitative estimate of drug-likeness (QED) is 0.647. The first-order valence-corrected chi connectivity index (χ1v) is 6.29. The second-order valence-corrected chi connectivity index (χ2v) is 4.45. The van der Waals surface area contributed by atoms with Crippen LogP contribution in [0.25, 0.3) is 0 Å². The molecule has 1 aromatic carbocycles. The molecular formula is C13H19ClN2O. The number of hydrogen-bond donors (Lipinski definition) is 1. The van der Waals surface area contributed by atoms with E-state index in [1.807, 2.05) is 38.1 Å². The summed E-state index contributed by atoms with van der Waals surface area (Å²) in [6.45, 7) is 5.28. The van der Waals surface area contributed by atoms with Crippen LogP contribution >= 0.6 is 11.6 Å². The lowest BCUT2D eigenvalue weighted by atomic mass is 10.1. The lowest BCUT2D eigenvalue weighted by Gasteiger charge is -2.21. The van der Waals surface area contributed by atoms with Gasteiger partial charge in [-0.15, -0.1) is 11.6 Å². The number of anilines is 1. The average molecular weight is 255 g/mol. The maximum absolute atomic E-state index is 12.0. The molecule has 2 N–H and O–H groups in total. The highest BCUT2D eigenvalue weighted by Gasteiger charge is 2.20. The Labute approximate surface area is 108 Å². The number of alkyl halides is 1. The molecule has 0 heterocycles. The molecule has 0 aliphatic rings. The van der Waals surface area contributed by atoms with Crippen LogP contribution in [0.5, 0.6) is 0 Å². The molecule has 0 saturated carbocycles. The van der Waals surface area contributed by atoms with Gasteiger partial charge in [0, 0.05) is 18.8 Å². The molecule has 0 fully saturated rings. The summed E-state index contributed by atoms with van der Waals surface area (Å²) in [6, 6.07) is 7.47. The van der Waals surface area contributed by atoms with Crippen LogP contribution in [0.2, 0.25) is 0 Å². The number of halogens is 1. The number of carbonyl (C=O) groups is 1. The summed E-state index contributed by atoms with van der Waals surface area (Å²) in [7, 11) is 0. The Morgan fingerprint density at radius 1 is 1.41 bits per heavy atom. The van der Waals surface area contributed by atoms with Crippen LogP contribution in [0.15, 0.2) is 24.3 Å². The zero-order valence-electron chi connectivity index (χ0n) is 10.3. The molecule has 0 aliphatic heterocycles. The van der Waals surface area contributed by atoms with Crippen LogP contribution in [0.3, 0.4) is 0 Å². The van der Waals surface area contributed by atoms with Crippen molar-refractivity contribution in [3.63, 3.8) is 0 Å². The fourth-order valence-corrected chi connectivity index (χ4v) is 2.06. The molecule has 17 heavy (non-hydrogen) atoms. The highest BCUT2D eigenvalue weighted by Crippen LogP contribution is 2.13. The highest BCUT2D eigenvalue weighted by atomic mass is 35.5. The molecule has 1 aromatic rings. The average Bonchev–Trinajstić information content (AvgIpc) is 2.30. The maximum Gasteiger partial charge on any atom is 0.240 e. The van der Waals surface area contributed by atoms with E-state index in [-0.39, 0.29) is 5.91 Å². The van der Waals surface area contributed by atoms with Gasteiger partial charge in [0.1, 0.15) is 5.38 Å². The van der Waals surface area contributed by atoms with E-state index in [2.05, 4.69) is 0 Å². The Morgan fingerprint density at radius 2 is 2.06 bits per heavy atom. The molecule has 0 aromatic heterocycles. The monoisotopic (exact) mass is 254 g/mol. The van der Waals surface area contributed by atoms with Gasteiger partial charge >= 0.3 is 0 Å². The largest absolute Gasteiger partial charge is 0.399 e. The van der Waals surface area contributed by atoms with Crippen molar-refractivity contribution < 1.29 is 4.79 Å². The van der Waals surface area contributed by atoms with Crippen LogP contribution in [-0.4, -0.2) is 29.3 Å². The number of rotatable bonds is 5. The molecule has 4 heteroatoms. The van der Waals surface area contributed by atoms with Gasteiger partial charge in [0.05, 0.1) is 0 Å². The van der Waals surface area contributed by atoms with Crippen molar-refractivity contribution in [3.8, 4) is 0 Å². The summed E-state index contributed by atoms with van der Waals surface area (Å²) in [5.74, 6) is -0.0147. The van der Waals surface area contributed by atoms with Gasteiger partial charge in [-0.1, -0.05) is 12.1 Å². The molecule has 1 atom stereocenters. The Morgan fingerprint density at radius 3 is 2.59 bits per heavy atom. The van der Waals surface area contributed by atoms with Gasteiger partial charge in [-0.2, -0.15) is 0 Å². The van der Waals surface area contributed by atoms with Gasteiger partial charge in [-0.05, 0) is 38.0 Å². The van der Waals surface area contributed by atoms with Crippen molar-refractivity contribution in [2.45, 2.75) is 25.6 Å². The SMILES string of the molecule is CCN(CC)C(=O)C(Cl)Cc1cccc(N)c1. The van der Waals surface area contributed by atoms with E-state index < -0.39 is 5.38 Å². The normalized spacial score (nSPS) is 12.2. The van der Waals surface area contributed by atoms with E-state index in [9.17, 15) is 4.79 Å². The Kier molecular flexibility index (Phi) is 5.29. The third-order valence-electron chi connectivity index (χ3n) is 2.71. The van der Waals surface area contributed by atoms with Crippen molar-refractivity contribution in [2.24, 2.45) is 0 Å². The summed E-state index contributed by atoms with van der Waals surface area (Å²) in [4.78, 5) is 13.7. The van der Waals surface area contributed by atoms with E-state index in [1.165, 1.54) is 0 Å². The molecule has 94 valence electrons. The summed E-state index contributed by atoms with van der Waals surface area (Å²) < 4.78 is 0. The van der Waals surface area contributed by atoms with E-state index in [0.717, 1.165) is 5.56 Å². The number of carbonyl (C=O) groups excluding carboxylic acids is 1. The standard InChI is InChI=1S/C13H19ClN2O/c1-3-16(4-2)13(17)12(14)9-10-6-5-7-11(15)8-10/h5-8,12H,3-4,9,15H2,1-2H3. The van der Waals surface area contributed by atoms with Crippen molar-refractivity contribution in [1.82, 2.24) is 4.90 Å². The topological polar surface area (TPSA) is 46.3 Å². The van der Waals surface area contributed by atoms with Gasteiger partial charge < -0.3 is 10.6 Å². The van der Waals surface area contributed by atoms with Crippen LogP contribution in [0.4, 0.5) is 5.69 Å². The molecule has 0 spiro atoms. The molecule has 0 saturated heterocycles. The fourth-order valence-electron chi connectivity index (χ4n) is 1.75. The molecule has 0 bridgehead atoms. The van der Waals surface area contributed by atoms with Crippen LogP contribution in [-0.2, 0) is 11.2 Å². The summed E-state index contributed by atoms with van der Waals surface area (Å²) in [5.41, 5.74) is 7.37. The third kappa shape index (κ3) is 3.93. The van der Waals surface area contributed by atoms with Crippen LogP contribution in [0, 0.1) is 0 Å². The van der Waals surface area contributed by atoms with Gasteiger partial charge in [-0.25, -0.2) is 0 Å².